The Hall–Kier alpha value is -1.84. The summed E-state index contributed by atoms with van der Waals surface area (Å²) < 4.78 is 0. The number of hydrogen-bond acceptors (Lipinski definition) is 2. The molecule has 1 aliphatic rings. The molecule has 15 heavy (non-hydrogen) atoms. The predicted octanol–water partition coefficient (Wildman–Crippen LogP) is 1.55. The quantitative estimate of drug-likeness (QED) is 0.696. The molecule has 0 atom stereocenters. The monoisotopic (exact) mass is 204 g/mol. The second kappa shape index (κ2) is 3.73. The molecule has 0 radical (unpaired) electrons. The zero-order valence-corrected chi connectivity index (χ0v) is 8.27. The lowest BCUT2D eigenvalue weighted by Gasteiger charge is -2.19. The highest BCUT2D eigenvalue weighted by Crippen LogP contribution is 2.25. The first-order chi connectivity index (χ1) is 7.20. The lowest BCUT2D eigenvalue weighted by Crippen LogP contribution is -2.36. The number of Topliss-reactive ketones (excluding diaryl/α,β-unsaturated/α-hetero) is 1. The van der Waals surface area contributed by atoms with Crippen molar-refractivity contribution in [2.45, 2.75) is 12.8 Å². The number of nitrogens with zero attached hydrogens (tertiary/aromatic N) is 1. The molecule has 0 saturated heterocycles. The molecule has 1 aliphatic heterocycles. The number of fused-ring (bicyclic) bond motifs is 1. The smallest absolute Gasteiger partial charge is 0.319 e. The maximum atomic E-state index is 11.7. The number of hydrogen-bond donors (Lipinski definition) is 1. The van der Waals surface area contributed by atoms with Crippen molar-refractivity contribution in [2.24, 2.45) is 5.73 Å². The predicted molar refractivity (Wildman–Crippen MR) is 56.9 cm³/mol. The molecule has 2 rings (SSSR count). The van der Waals surface area contributed by atoms with Crippen LogP contribution in [-0.2, 0) is 0 Å². The molecule has 0 unspecified atom stereocenters. The van der Waals surface area contributed by atoms with Crippen LogP contribution in [0.5, 0.6) is 0 Å². The van der Waals surface area contributed by atoms with Crippen LogP contribution in [0.3, 0.4) is 0 Å². The molecular weight excluding hydrogens is 192 g/mol. The molecule has 0 aliphatic carbocycles. The first-order valence-corrected chi connectivity index (χ1v) is 4.89. The minimum atomic E-state index is -0.503. The number of urea groups is 1. The summed E-state index contributed by atoms with van der Waals surface area (Å²) >= 11 is 0. The minimum Gasteiger partial charge on any atom is -0.351 e. The molecule has 1 aromatic carbocycles. The van der Waals surface area contributed by atoms with Crippen LogP contribution in [0.1, 0.15) is 23.2 Å². The summed E-state index contributed by atoms with van der Waals surface area (Å²) in [5.74, 6) is 0.0781. The average molecular weight is 204 g/mol. The Morgan fingerprint density at radius 2 is 2.07 bits per heavy atom. The number of ketones is 1. The van der Waals surface area contributed by atoms with E-state index in [0.717, 1.165) is 0 Å². The zero-order chi connectivity index (χ0) is 10.8. The van der Waals surface area contributed by atoms with Crippen molar-refractivity contribution in [1.29, 1.82) is 0 Å². The van der Waals surface area contributed by atoms with E-state index in [-0.39, 0.29) is 5.78 Å². The topological polar surface area (TPSA) is 63.4 Å². The number of carbonyl (C=O) groups is 2. The number of carbonyl (C=O) groups excluding carboxylic acids is 2. The molecule has 2 N–H and O–H groups in total. The van der Waals surface area contributed by atoms with E-state index in [1.54, 1.807) is 24.3 Å². The molecule has 4 nitrogen and oxygen atoms in total. The van der Waals surface area contributed by atoms with Gasteiger partial charge >= 0.3 is 6.03 Å². The Balaban J connectivity index is 2.52. The van der Waals surface area contributed by atoms with Gasteiger partial charge in [0.25, 0.3) is 0 Å². The Kier molecular flexibility index (Phi) is 2.41. The summed E-state index contributed by atoms with van der Waals surface area (Å²) in [6.07, 6.45) is 1.14. The van der Waals surface area contributed by atoms with Gasteiger partial charge < -0.3 is 5.73 Å². The van der Waals surface area contributed by atoms with Crippen molar-refractivity contribution >= 4 is 17.5 Å². The zero-order valence-electron chi connectivity index (χ0n) is 8.27. The van der Waals surface area contributed by atoms with Crippen molar-refractivity contribution in [2.75, 3.05) is 11.4 Å². The summed E-state index contributed by atoms with van der Waals surface area (Å²) in [4.78, 5) is 24.4. The maximum absolute atomic E-state index is 11.7. The number of primary amides is 1. The van der Waals surface area contributed by atoms with Gasteiger partial charge in [0.15, 0.2) is 5.78 Å². The van der Waals surface area contributed by atoms with Gasteiger partial charge in [-0.25, -0.2) is 4.79 Å². The lowest BCUT2D eigenvalue weighted by atomic mass is 10.1. The number of rotatable bonds is 0. The second-order valence-corrected chi connectivity index (χ2v) is 3.53. The van der Waals surface area contributed by atoms with E-state index in [4.69, 9.17) is 5.73 Å². The average Bonchev–Trinajstić information content (AvgIpc) is 2.39. The molecule has 0 fully saturated rings. The van der Waals surface area contributed by atoms with E-state index in [9.17, 15) is 9.59 Å². The molecule has 4 heteroatoms. The van der Waals surface area contributed by atoms with Crippen molar-refractivity contribution in [3.8, 4) is 0 Å². The summed E-state index contributed by atoms with van der Waals surface area (Å²) in [6.45, 7) is 0.512. The summed E-state index contributed by atoms with van der Waals surface area (Å²) in [5.41, 5.74) is 6.50. The van der Waals surface area contributed by atoms with Gasteiger partial charge in [-0.3, -0.25) is 9.69 Å². The van der Waals surface area contributed by atoms with Gasteiger partial charge in [0.1, 0.15) is 0 Å². The molecule has 1 heterocycles. The fourth-order valence-electron chi connectivity index (χ4n) is 1.83. The van der Waals surface area contributed by atoms with Crippen molar-refractivity contribution in [3.63, 3.8) is 0 Å². The second-order valence-electron chi connectivity index (χ2n) is 3.53. The summed E-state index contributed by atoms with van der Waals surface area (Å²) in [6, 6.07) is 6.58. The van der Waals surface area contributed by atoms with E-state index < -0.39 is 6.03 Å². The van der Waals surface area contributed by atoms with Crippen molar-refractivity contribution in [1.82, 2.24) is 0 Å². The Morgan fingerprint density at radius 1 is 1.33 bits per heavy atom. The Labute approximate surface area is 87.7 Å². The van der Waals surface area contributed by atoms with E-state index in [1.165, 1.54) is 4.90 Å². The first kappa shape index (κ1) is 9.71. The fraction of sp³-hybridized carbons (Fsp3) is 0.273. The third-order valence-corrected chi connectivity index (χ3v) is 2.55. The highest BCUT2D eigenvalue weighted by atomic mass is 16.2. The molecular formula is C11H12N2O2. The van der Waals surface area contributed by atoms with Crippen LogP contribution in [0.25, 0.3) is 0 Å². The van der Waals surface area contributed by atoms with Crippen LogP contribution < -0.4 is 10.6 Å². The first-order valence-electron chi connectivity index (χ1n) is 4.89. The summed E-state index contributed by atoms with van der Waals surface area (Å²) in [7, 11) is 0. The minimum absolute atomic E-state index is 0.0781. The molecule has 0 saturated carbocycles. The molecule has 0 spiro atoms. The Bertz CT molecular complexity index is 415. The number of nitrogens with two attached hydrogens (primary N) is 1. The standard InChI is InChI=1S/C11H12N2O2/c12-11(15)13-7-3-6-10(14)8-4-1-2-5-9(8)13/h1-2,4-5H,3,6-7H2,(H2,12,15). The lowest BCUT2D eigenvalue weighted by molar-refractivity contribution is 0.0983. The number of anilines is 1. The highest BCUT2D eigenvalue weighted by Gasteiger charge is 2.22. The highest BCUT2D eigenvalue weighted by molar-refractivity contribution is 6.06. The van der Waals surface area contributed by atoms with Gasteiger partial charge in [0, 0.05) is 18.5 Å². The van der Waals surface area contributed by atoms with Gasteiger partial charge in [0.2, 0.25) is 0 Å². The van der Waals surface area contributed by atoms with E-state index >= 15 is 0 Å². The van der Waals surface area contributed by atoms with Crippen LogP contribution >= 0.6 is 0 Å². The van der Waals surface area contributed by atoms with E-state index in [2.05, 4.69) is 0 Å². The number of amides is 2. The van der Waals surface area contributed by atoms with Gasteiger partial charge in [-0.2, -0.15) is 0 Å². The maximum Gasteiger partial charge on any atom is 0.319 e. The van der Waals surface area contributed by atoms with Gasteiger partial charge in [-0.15, -0.1) is 0 Å². The van der Waals surface area contributed by atoms with Gasteiger partial charge in [0.05, 0.1) is 5.69 Å². The number of benzene rings is 1. The summed E-state index contributed by atoms with van der Waals surface area (Å²) in [5, 5.41) is 0. The Morgan fingerprint density at radius 3 is 2.80 bits per heavy atom. The fourth-order valence-corrected chi connectivity index (χ4v) is 1.83. The largest absolute Gasteiger partial charge is 0.351 e. The van der Waals surface area contributed by atoms with Crippen LogP contribution in [0.15, 0.2) is 24.3 Å². The van der Waals surface area contributed by atoms with Crippen LogP contribution in [0.4, 0.5) is 10.5 Å². The molecule has 0 aromatic heterocycles. The van der Waals surface area contributed by atoms with Gasteiger partial charge in [-0.1, -0.05) is 12.1 Å². The molecule has 2 amide bonds. The normalized spacial score (nSPS) is 15.7. The number of para-hydroxylation sites is 1. The van der Waals surface area contributed by atoms with Crippen LogP contribution in [-0.4, -0.2) is 18.4 Å². The van der Waals surface area contributed by atoms with Crippen LogP contribution in [0.2, 0.25) is 0 Å². The third-order valence-electron chi connectivity index (χ3n) is 2.55. The molecule has 1 aromatic rings. The van der Waals surface area contributed by atoms with Crippen molar-refractivity contribution in [3.05, 3.63) is 29.8 Å². The van der Waals surface area contributed by atoms with Crippen molar-refractivity contribution < 1.29 is 9.59 Å². The van der Waals surface area contributed by atoms with Gasteiger partial charge in [-0.05, 0) is 18.6 Å². The van der Waals surface area contributed by atoms with E-state index in [0.29, 0.717) is 30.6 Å². The van der Waals surface area contributed by atoms with Crippen LogP contribution in [0, 0.1) is 0 Å². The SMILES string of the molecule is NC(=O)N1CCCC(=O)c2ccccc21. The third kappa shape index (κ3) is 1.70. The molecule has 78 valence electrons. The van der Waals surface area contributed by atoms with E-state index in [1.807, 2.05) is 0 Å². The molecule has 0 bridgehead atoms.